The van der Waals surface area contributed by atoms with Gasteiger partial charge in [-0.2, -0.15) is 5.26 Å². The standard InChI is InChI=1S/C20H17NO/c21-10-8-17-16(12-14-4-2-1-3-5-14)13-15-6-7-19-18(20(15)17)9-11-22-19/h1-8,16H,9,11-13H2/b17-8+. The molecule has 108 valence electrons. The molecule has 1 heterocycles. The van der Waals surface area contributed by atoms with E-state index in [1.54, 1.807) is 6.08 Å². The van der Waals surface area contributed by atoms with E-state index in [1.165, 1.54) is 27.8 Å². The molecule has 2 aromatic carbocycles. The maximum absolute atomic E-state index is 9.23. The van der Waals surface area contributed by atoms with Crippen LogP contribution >= 0.6 is 0 Å². The molecule has 0 bridgehead atoms. The van der Waals surface area contributed by atoms with Crippen LogP contribution in [0.3, 0.4) is 0 Å². The Morgan fingerprint density at radius 2 is 2.05 bits per heavy atom. The van der Waals surface area contributed by atoms with Gasteiger partial charge >= 0.3 is 0 Å². The van der Waals surface area contributed by atoms with E-state index in [9.17, 15) is 5.26 Å². The highest BCUT2D eigenvalue weighted by atomic mass is 16.5. The van der Waals surface area contributed by atoms with Gasteiger partial charge in [-0.1, -0.05) is 36.4 Å². The van der Waals surface area contributed by atoms with Crippen molar-refractivity contribution in [3.8, 4) is 11.8 Å². The SMILES string of the molecule is N#C/C=C1/c2c(ccc3c2CCO3)CC1Cc1ccccc1. The number of fused-ring (bicyclic) bond motifs is 3. The predicted octanol–water partition coefficient (Wildman–Crippen LogP) is 3.94. The van der Waals surface area contributed by atoms with Crippen molar-refractivity contribution >= 4 is 5.57 Å². The average Bonchev–Trinajstić information content (AvgIpc) is 3.13. The highest BCUT2D eigenvalue weighted by Gasteiger charge is 2.32. The fourth-order valence-electron chi connectivity index (χ4n) is 3.77. The van der Waals surface area contributed by atoms with Gasteiger partial charge in [0.15, 0.2) is 0 Å². The number of ether oxygens (including phenoxy) is 1. The number of nitrogens with zero attached hydrogens (tertiary/aromatic N) is 1. The molecule has 1 aliphatic carbocycles. The summed E-state index contributed by atoms with van der Waals surface area (Å²) < 4.78 is 5.69. The molecule has 1 atom stereocenters. The molecule has 2 aromatic rings. The Hall–Kier alpha value is -2.53. The summed E-state index contributed by atoms with van der Waals surface area (Å²) in [6.07, 6.45) is 4.71. The largest absolute Gasteiger partial charge is 0.493 e. The van der Waals surface area contributed by atoms with Crippen LogP contribution in [0.5, 0.6) is 5.75 Å². The number of allylic oxidation sites excluding steroid dienone is 2. The maximum Gasteiger partial charge on any atom is 0.123 e. The summed E-state index contributed by atoms with van der Waals surface area (Å²) in [4.78, 5) is 0. The molecule has 0 saturated carbocycles. The molecule has 0 amide bonds. The average molecular weight is 287 g/mol. The summed E-state index contributed by atoms with van der Waals surface area (Å²) in [6, 6.07) is 17.1. The van der Waals surface area contributed by atoms with Gasteiger partial charge in [-0.05, 0) is 47.1 Å². The van der Waals surface area contributed by atoms with Crippen LogP contribution in [0.25, 0.3) is 5.57 Å². The van der Waals surface area contributed by atoms with Crippen LogP contribution < -0.4 is 4.74 Å². The molecule has 4 rings (SSSR count). The third-order valence-electron chi connectivity index (χ3n) is 4.71. The second-order valence-corrected chi connectivity index (χ2v) is 5.99. The summed E-state index contributed by atoms with van der Waals surface area (Å²) >= 11 is 0. The van der Waals surface area contributed by atoms with Crippen molar-refractivity contribution in [3.05, 3.63) is 70.8 Å². The van der Waals surface area contributed by atoms with Crippen molar-refractivity contribution in [2.75, 3.05) is 6.61 Å². The Labute approximate surface area is 130 Å². The topological polar surface area (TPSA) is 33.0 Å². The first kappa shape index (κ1) is 13.2. The van der Waals surface area contributed by atoms with Crippen LogP contribution in [0.15, 0.2) is 48.5 Å². The van der Waals surface area contributed by atoms with Crippen molar-refractivity contribution in [2.45, 2.75) is 19.3 Å². The van der Waals surface area contributed by atoms with Gasteiger partial charge in [-0.3, -0.25) is 0 Å². The molecule has 0 aromatic heterocycles. The van der Waals surface area contributed by atoms with Gasteiger partial charge in [-0.25, -0.2) is 0 Å². The first-order valence-corrected chi connectivity index (χ1v) is 7.78. The fourth-order valence-corrected chi connectivity index (χ4v) is 3.77. The van der Waals surface area contributed by atoms with Crippen molar-refractivity contribution in [1.82, 2.24) is 0 Å². The number of nitriles is 1. The molecule has 0 radical (unpaired) electrons. The van der Waals surface area contributed by atoms with Crippen molar-refractivity contribution < 1.29 is 4.74 Å². The van der Waals surface area contributed by atoms with Crippen LogP contribution in [-0.4, -0.2) is 6.61 Å². The summed E-state index contributed by atoms with van der Waals surface area (Å²) in [5, 5.41) is 9.23. The molecule has 22 heavy (non-hydrogen) atoms. The summed E-state index contributed by atoms with van der Waals surface area (Å²) in [5.74, 6) is 1.40. The zero-order chi connectivity index (χ0) is 14.9. The third kappa shape index (κ3) is 2.10. The van der Waals surface area contributed by atoms with Crippen molar-refractivity contribution in [2.24, 2.45) is 5.92 Å². The third-order valence-corrected chi connectivity index (χ3v) is 4.71. The van der Waals surface area contributed by atoms with E-state index < -0.39 is 0 Å². The molecular weight excluding hydrogens is 270 g/mol. The second-order valence-electron chi connectivity index (χ2n) is 5.99. The van der Waals surface area contributed by atoms with Crippen LogP contribution in [0.1, 0.15) is 22.3 Å². The second kappa shape index (κ2) is 5.35. The van der Waals surface area contributed by atoms with Gasteiger partial charge < -0.3 is 4.74 Å². The van der Waals surface area contributed by atoms with Gasteiger partial charge in [0.1, 0.15) is 5.75 Å². The normalized spacial score (nSPS) is 20.3. The molecule has 0 N–H and O–H groups in total. The monoisotopic (exact) mass is 287 g/mol. The molecular formula is C20H17NO. The molecule has 0 saturated heterocycles. The predicted molar refractivity (Wildman–Crippen MR) is 86.6 cm³/mol. The Balaban J connectivity index is 1.74. The Morgan fingerprint density at radius 3 is 2.86 bits per heavy atom. The van der Waals surface area contributed by atoms with Crippen LogP contribution in [0.2, 0.25) is 0 Å². The minimum Gasteiger partial charge on any atom is -0.493 e. The Bertz CT molecular complexity index is 783. The molecule has 2 nitrogen and oxygen atoms in total. The highest BCUT2D eigenvalue weighted by Crippen LogP contribution is 2.45. The summed E-state index contributed by atoms with van der Waals surface area (Å²) in [6.45, 7) is 0.759. The van der Waals surface area contributed by atoms with Crippen LogP contribution in [0.4, 0.5) is 0 Å². The lowest BCUT2D eigenvalue weighted by atomic mass is 9.90. The first-order chi connectivity index (χ1) is 10.9. The van der Waals surface area contributed by atoms with E-state index in [4.69, 9.17) is 4.74 Å². The van der Waals surface area contributed by atoms with Gasteiger partial charge in [0.05, 0.1) is 12.7 Å². The number of hydrogen-bond donors (Lipinski definition) is 0. The van der Waals surface area contributed by atoms with E-state index in [-0.39, 0.29) is 0 Å². The van der Waals surface area contributed by atoms with E-state index in [0.29, 0.717) is 5.92 Å². The van der Waals surface area contributed by atoms with Crippen LogP contribution in [0, 0.1) is 17.2 Å². The molecule has 1 unspecified atom stereocenters. The fraction of sp³-hybridized carbons (Fsp3) is 0.250. The first-order valence-electron chi connectivity index (χ1n) is 7.78. The van der Waals surface area contributed by atoms with Crippen molar-refractivity contribution in [3.63, 3.8) is 0 Å². The van der Waals surface area contributed by atoms with E-state index in [2.05, 4.69) is 42.5 Å². The van der Waals surface area contributed by atoms with Crippen molar-refractivity contribution in [1.29, 1.82) is 5.26 Å². The zero-order valence-electron chi connectivity index (χ0n) is 12.4. The molecule has 2 aliphatic rings. The number of hydrogen-bond acceptors (Lipinski definition) is 2. The summed E-state index contributed by atoms with van der Waals surface area (Å²) in [5.41, 5.74) is 6.49. The van der Waals surface area contributed by atoms with E-state index in [1.807, 2.05) is 6.07 Å². The van der Waals surface area contributed by atoms with Gasteiger partial charge in [0, 0.05) is 18.1 Å². The van der Waals surface area contributed by atoms with E-state index in [0.717, 1.165) is 31.6 Å². The Morgan fingerprint density at radius 1 is 1.18 bits per heavy atom. The minimum atomic E-state index is 0.393. The number of rotatable bonds is 2. The lowest BCUT2D eigenvalue weighted by Gasteiger charge is -2.13. The molecule has 1 aliphatic heterocycles. The molecule has 0 spiro atoms. The molecule has 0 fully saturated rings. The number of benzene rings is 2. The van der Waals surface area contributed by atoms with Gasteiger partial charge in [0.2, 0.25) is 0 Å². The van der Waals surface area contributed by atoms with Gasteiger partial charge in [0.25, 0.3) is 0 Å². The quantitative estimate of drug-likeness (QED) is 0.784. The highest BCUT2D eigenvalue weighted by molar-refractivity contribution is 5.80. The van der Waals surface area contributed by atoms with Gasteiger partial charge in [-0.15, -0.1) is 0 Å². The lowest BCUT2D eigenvalue weighted by molar-refractivity contribution is 0.357. The summed E-state index contributed by atoms with van der Waals surface area (Å²) in [7, 11) is 0. The lowest BCUT2D eigenvalue weighted by Crippen LogP contribution is -2.03. The zero-order valence-corrected chi connectivity index (χ0v) is 12.4. The maximum atomic E-state index is 9.23. The Kier molecular flexibility index (Phi) is 3.20. The smallest absolute Gasteiger partial charge is 0.123 e. The minimum absolute atomic E-state index is 0.393. The van der Waals surface area contributed by atoms with E-state index >= 15 is 0 Å². The van der Waals surface area contributed by atoms with Crippen LogP contribution in [-0.2, 0) is 19.3 Å². The molecule has 2 heteroatoms.